The molecule has 0 saturated heterocycles. The van der Waals surface area contributed by atoms with Gasteiger partial charge in [-0.15, -0.1) is 0 Å². The second-order valence-corrected chi connectivity index (χ2v) is 5.60. The van der Waals surface area contributed by atoms with Gasteiger partial charge in [-0.1, -0.05) is 17.7 Å². The third-order valence-electron chi connectivity index (χ3n) is 3.39. The highest BCUT2D eigenvalue weighted by Crippen LogP contribution is 2.31. The van der Waals surface area contributed by atoms with Crippen LogP contribution in [0.5, 0.6) is 5.75 Å². The molecule has 0 heterocycles. The second-order valence-electron chi connectivity index (χ2n) is 5.16. The van der Waals surface area contributed by atoms with E-state index in [1.165, 1.54) is 18.9 Å². The van der Waals surface area contributed by atoms with Crippen LogP contribution in [0, 0.1) is 11.3 Å². The number of rotatable bonds is 5. The third-order valence-corrected chi connectivity index (χ3v) is 3.62. The van der Waals surface area contributed by atoms with E-state index in [-0.39, 0.29) is 12.5 Å². The first-order valence-electron chi connectivity index (χ1n) is 7.36. The first-order chi connectivity index (χ1) is 11.9. The van der Waals surface area contributed by atoms with E-state index in [1.54, 1.807) is 42.5 Å². The lowest BCUT2D eigenvalue weighted by Crippen LogP contribution is -2.37. The largest absolute Gasteiger partial charge is 0.495 e. The third kappa shape index (κ3) is 4.72. The van der Waals surface area contributed by atoms with Gasteiger partial charge in [-0.05, 0) is 36.4 Å². The Morgan fingerprint density at radius 1 is 1.28 bits per heavy atom. The summed E-state index contributed by atoms with van der Waals surface area (Å²) in [6, 6.07) is 13.3. The maximum Gasteiger partial charge on any atom is 0.244 e. The number of nitriles is 1. The zero-order valence-corrected chi connectivity index (χ0v) is 14.5. The lowest BCUT2D eigenvalue weighted by atomic mass is 10.2. The Balaban J connectivity index is 2.22. The van der Waals surface area contributed by atoms with Crippen molar-refractivity contribution in [3.8, 4) is 11.8 Å². The number of anilines is 2. The van der Waals surface area contributed by atoms with Crippen molar-refractivity contribution in [2.45, 2.75) is 6.92 Å². The molecule has 0 atom stereocenters. The molecule has 7 heteroatoms. The van der Waals surface area contributed by atoms with Crippen molar-refractivity contribution in [3.05, 3.63) is 53.1 Å². The van der Waals surface area contributed by atoms with E-state index in [1.807, 2.05) is 6.07 Å². The van der Waals surface area contributed by atoms with E-state index in [2.05, 4.69) is 5.32 Å². The maximum absolute atomic E-state index is 12.3. The molecule has 2 rings (SSSR count). The summed E-state index contributed by atoms with van der Waals surface area (Å²) in [6.07, 6.45) is 0. The van der Waals surface area contributed by atoms with Crippen molar-refractivity contribution in [2.75, 3.05) is 23.9 Å². The van der Waals surface area contributed by atoms with Crippen molar-refractivity contribution in [3.63, 3.8) is 0 Å². The number of nitrogens with one attached hydrogen (secondary N) is 1. The van der Waals surface area contributed by atoms with Gasteiger partial charge < -0.3 is 10.1 Å². The number of halogens is 1. The van der Waals surface area contributed by atoms with Crippen LogP contribution in [0.2, 0.25) is 5.02 Å². The molecule has 0 aromatic heterocycles. The molecule has 25 heavy (non-hydrogen) atoms. The molecule has 0 radical (unpaired) electrons. The lowest BCUT2D eigenvalue weighted by molar-refractivity contribution is -0.120. The zero-order valence-electron chi connectivity index (χ0n) is 13.7. The molecule has 128 valence electrons. The Kier molecular flexibility index (Phi) is 5.98. The van der Waals surface area contributed by atoms with E-state index in [4.69, 9.17) is 21.6 Å². The first-order valence-corrected chi connectivity index (χ1v) is 7.74. The molecule has 2 aromatic carbocycles. The minimum Gasteiger partial charge on any atom is -0.495 e. The topological polar surface area (TPSA) is 82.4 Å². The van der Waals surface area contributed by atoms with Crippen molar-refractivity contribution in [2.24, 2.45) is 0 Å². The molecule has 0 aliphatic rings. The quantitative estimate of drug-likeness (QED) is 0.890. The van der Waals surface area contributed by atoms with Gasteiger partial charge >= 0.3 is 0 Å². The summed E-state index contributed by atoms with van der Waals surface area (Å²) in [7, 11) is 1.47. The Hall–Kier alpha value is -3.04. The highest BCUT2D eigenvalue weighted by atomic mass is 35.5. The molecule has 0 spiro atoms. The Morgan fingerprint density at radius 3 is 2.68 bits per heavy atom. The molecule has 0 aliphatic heterocycles. The Morgan fingerprint density at radius 2 is 2.04 bits per heavy atom. The molecule has 0 fully saturated rings. The summed E-state index contributed by atoms with van der Waals surface area (Å²) < 4.78 is 5.24. The monoisotopic (exact) mass is 357 g/mol. The number of hydrogen-bond donors (Lipinski definition) is 1. The summed E-state index contributed by atoms with van der Waals surface area (Å²) in [4.78, 5) is 25.6. The van der Waals surface area contributed by atoms with Gasteiger partial charge in [0.2, 0.25) is 11.8 Å². The van der Waals surface area contributed by atoms with Crippen LogP contribution in [0.1, 0.15) is 12.5 Å². The Labute approximate surface area is 150 Å². The number of carbonyl (C=O) groups excluding carboxylic acids is 2. The van der Waals surface area contributed by atoms with Gasteiger partial charge in [0.1, 0.15) is 12.3 Å². The Bertz CT molecular complexity index is 846. The van der Waals surface area contributed by atoms with Crippen LogP contribution in [0.3, 0.4) is 0 Å². The van der Waals surface area contributed by atoms with Crippen molar-refractivity contribution < 1.29 is 14.3 Å². The summed E-state index contributed by atoms with van der Waals surface area (Å²) in [5.41, 5.74) is 1.31. The fourth-order valence-electron chi connectivity index (χ4n) is 2.25. The number of benzene rings is 2. The van der Waals surface area contributed by atoms with Crippen LogP contribution in [0.4, 0.5) is 11.4 Å². The van der Waals surface area contributed by atoms with E-state index in [0.29, 0.717) is 27.7 Å². The molecular formula is C18H16ClN3O3. The van der Waals surface area contributed by atoms with E-state index < -0.39 is 5.91 Å². The smallest absolute Gasteiger partial charge is 0.244 e. The minimum atomic E-state index is -0.410. The van der Waals surface area contributed by atoms with Crippen molar-refractivity contribution in [1.29, 1.82) is 5.26 Å². The second kappa shape index (κ2) is 8.18. The number of methoxy groups -OCH3 is 1. The van der Waals surface area contributed by atoms with Crippen LogP contribution < -0.4 is 15.0 Å². The maximum atomic E-state index is 12.3. The molecule has 6 nitrogen and oxygen atoms in total. The van der Waals surface area contributed by atoms with Crippen LogP contribution >= 0.6 is 11.6 Å². The first kappa shape index (κ1) is 18.3. The van der Waals surface area contributed by atoms with Gasteiger partial charge in [-0.3, -0.25) is 14.5 Å². The zero-order chi connectivity index (χ0) is 18.4. The van der Waals surface area contributed by atoms with Gasteiger partial charge in [0.25, 0.3) is 0 Å². The molecule has 2 aromatic rings. The van der Waals surface area contributed by atoms with Crippen LogP contribution in [0.15, 0.2) is 42.5 Å². The molecule has 0 aliphatic carbocycles. The van der Waals surface area contributed by atoms with E-state index >= 15 is 0 Å². The average Bonchev–Trinajstić information content (AvgIpc) is 2.59. The fraction of sp³-hybridized carbons (Fsp3) is 0.167. The average molecular weight is 358 g/mol. The van der Waals surface area contributed by atoms with Gasteiger partial charge in [0.15, 0.2) is 0 Å². The number of ether oxygens (including phenoxy) is 1. The number of hydrogen-bond acceptors (Lipinski definition) is 4. The highest BCUT2D eigenvalue weighted by Gasteiger charge is 2.20. The summed E-state index contributed by atoms with van der Waals surface area (Å²) >= 11 is 6.00. The lowest BCUT2D eigenvalue weighted by Gasteiger charge is -2.23. The molecule has 2 amide bonds. The predicted octanol–water partition coefficient (Wildman–Crippen LogP) is 3.21. The number of carbonyl (C=O) groups is 2. The standard InChI is InChI=1S/C18H16ClN3O3/c1-12(23)22(16-9-14(19)6-7-17(16)25-2)11-18(24)21-15-5-3-4-13(8-15)10-20/h3-9H,11H2,1-2H3,(H,21,24). The van der Waals surface area contributed by atoms with Crippen molar-refractivity contribution in [1.82, 2.24) is 0 Å². The van der Waals surface area contributed by atoms with Gasteiger partial charge in [-0.25, -0.2) is 0 Å². The summed E-state index contributed by atoms with van der Waals surface area (Å²) in [5, 5.41) is 12.0. The highest BCUT2D eigenvalue weighted by molar-refractivity contribution is 6.31. The fourth-order valence-corrected chi connectivity index (χ4v) is 2.42. The van der Waals surface area contributed by atoms with Crippen LogP contribution in [0.25, 0.3) is 0 Å². The predicted molar refractivity (Wildman–Crippen MR) is 95.8 cm³/mol. The summed E-state index contributed by atoms with van der Waals surface area (Å²) in [5.74, 6) is -0.312. The van der Waals surface area contributed by atoms with Gasteiger partial charge in [-0.2, -0.15) is 5.26 Å². The molecule has 1 N–H and O–H groups in total. The van der Waals surface area contributed by atoms with Crippen LogP contribution in [-0.2, 0) is 9.59 Å². The van der Waals surface area contributed by atoms with Gasteiger partial charge in [0, 0.05) is 17.6 Å². The van der Waals surface area contributed by atoms with E-state index in [0.717, 1.165) is 0 Å². The number of nitrogens with zero attached hydrogens (tertiary/aromatic N) is 2. The van der Waals surface area contributed by atoms with Crippen molar-refractivity contribution >= 4 is 34.8 Å². The normalized spacial score (nSPS) is 9.84. The molecule has 0 saturated carbocycles. The van der Waals surface area contributed by atoms with Gasteiger partial charge in [0.05, 0.1) is 24.4 Å². The SMILES string of the molecule is COc1ccc(Cl)cc1N(CC(=O)Nc1cccc(C#N)c1)C(C)=O. The molecule has 0 unspecified atom stereocenters. The molecular weight excluding hydrogens is 342 g/mol. The number of amides is 2. The van der Waals surface area contributed by atoms with E-state index in [9.17, 15) is 9.59 Å². The summed E-state index contributed by atoms with van der Waals surface area (Å²) in [6.45, 7) is 1.13. The molecule has 0 bridgehead atoms. The minimum absolute atomic E-state index is 0.219. The van der Waals surface area contributed by atoms with Crippen LogP contribution in [-0.4, -0.2) is 25.5 Å².